The molecule has 0 amide bonds. The van der Waals surface area contributed by atoms with E-state index in [1.807, 2.05) is 24.3 Å². The van der Waals surface area contributed by atoms with Crippen LogP contribution in [-0.4, -0.2) is 37.2 Å². The maximum atomic E-state index is 11.6. The summed E-state index contributed by atoms with van der Waals surface area (Å²) in [5.74, 6) is -0.324. The summed E-state index contributed by atoms with van der Waals surface area (Å²) in [5.41, 5.74) is 5.76. The Morgan fingerprint density at radius 2 is 1.94 bits per heavy atom. The first-order chi connectivity index (χ1) is 7.80. The van der Waals surface area contributed by atoms with Gasteiger partial charge >= 0.3 is 0 Å². The third-order valence-electron chi connectivity index (χ3n) is 3.27. The van der Waals surface area contributed by atoms with Gasteiger partial charge in [-0.05, 0) is 17.7 Å². The molecule has 0 spiro atoms. The van der Waals surface area contributed by atoms with Crippen molar-refractivity contribution in [2.75, 3.05) is 12.9 Å². The predicted octanol–water partition coefficient (Wildman–Crippen LogP) is 0.649. The fraction of sp³-hybridized carbons (Fsp3) is 0.455. The molecule has 2 rings (SSSR count). The van der Waals surface area contributed by atoms with Crippen molar-refractivity contribution in [3.05, 3.63) is 34.3 Å². The molecule has 0 aromatic heterocycles. The fourth-order valence-electron chi connectivity index (χ4n) is 2.41. The molecule has 4 nitrogen and oxygen atoms in total. The molecule has 3 unspecified atom stereocenters. The van der Waals surface area contributed by atoms with Gasteiger partial charge in [0.2, 0.25) is 0 Å². The van der Waals surface area contributed by atoms with Crippen LogP contribution in [0.2, 0.25) is 0 Å². The topological polar surface area (TPSA) is 80.4 Å². The van der Waals surface area contributed by atoms with Crippen molar-refractivity contribution in [2.45, 2.75) is 16.7 Å². The van der Waals surface area contributed by atoms with Crippen molar-refractivity contribution in [2.24, 2.45) is 5.73 Å². The minimum absolute atomic E-state index is 0.324. The van der Waals surface area contributed by atoms with Crippen LogP contribution in [0.4, 0.5) is 0 Å². The van der Waals surface area contributed by atoms with Crippen LogP contribution in [0, 0.1) is 0 Å². The summed E-state index contributed by atoms with van der Waals surface area (Å²) in [6, 6.07) is 7.34. The van der Waals surface area contributed by atoms with Gasteiger partial charge in [-0.2, -0.15) is 0 Å². The third-order valence-corrected chi connectivity index (χ3v) is 5.43. The van der Waals surface area contributed by atoms with E-state index in [2.05, 4.69) is 15.9 Å². The highest BCUT2D eigenvalue weighted by atomic mass is 79.9. The highest BCUT2D eigenvalue weighted by Gasteiger charge is 2.67. The molecule has 1 aliphatic carbocycles. The molecular weight excluding hydrogens is 306 g/mol. The van der Waals surface area contributed by atoms with Gasteiger partial charge in [-0.25, -0.2) is 8.42 Å². The van der Waals surface area contributed by atoms with Gasteiger partial charge in [-0.15, -0.1) is 0 Å². The van der Waals surface area contributed by atoms with Crippen molar-refractivity contribution in [3.63, 3.8) is 0 Å². The molecule has 1 aromatic rings. The van der Waals surface area contributed by atoms with E-state index in [-0.39, 0.29) is 12.5 Å². The Balaban J connectivity index is 2.37. The summed E-state index contributed by atoms with van der Waals surface area (Å²) >= 11 is 3.32. The summed E-state index contributed by atoms with van der Waals surface area (Å²) in [4.78, 5) is 0. The van der Waals surface area contributed by atoms with Gasteiger partial charge in [0.1, 0.15) is 0 Å². The second kappa shape index (κ2) is 4.05. The van der Waals surface area contributed by atoms with E-state index in [9.17, 15) is 13.5 Å². The molecule has 3 N–H and O–H groups in total. The number of nitrogens with two attached hydrogens (primary N) is 1. The standard InChI is InChI=1S/C11H14BrNO3S/c1-17(15,16)10-9(11(10,13)6-14)7-2-4-8(12)5-3-7/h2-5,9-10,14H,6,13H2,1H3. The van der Waals surface area contributed by atoms with Crippen LogP contribution in [0.1, 0.15) is 11.5 Å². The molecule has 0 bridgehead atoms. The zero-order valence-corrected chi connectivity index (χ0v) is 11.7. The zero-order valence-electron chi connectivity index (χ0n) is 9.30. The lowest BCUT2D eigenvalue weighted by molar-refractivity contribution is 0.253. The van der Waals surface area contributed by atoms with Gasteiger partial charge in [0.05, 0.1) is 17.4 Å². The van der Waals surface area contributed by atoms with Crippen molar-refractivity contribution in [1.29, 1.82) is 0 Å². The third kappa shape index (κ3) is 2.14. The van der Waals surface area contributed by atoms with Crippen LogP contribution in [0.15, 0.2) is 28.7 Å². The quantitative estimate of drug-likeness (QED) is 0.857. The predicted molar refractivity (Wildman–Crippen MR) is 69.5 cm³/mol. The lowest BCUT2D eigenvalue weighted by Gasteiger charge is -2.06. The zero-order chi connectivity index (χ0) is 12.8. The Hall–Kier alpha value is -0.430. The second-order valence-electron chi connectivity index (χ2n) is 4.55. The number of hydrogen-bond donors (Lipinski definition) is 2. The van der Waals surface area contributed by atoms with Crippen LogP contribution in [-0.2, 0) is 9.84 Å². The van der Waals surface area contributed by atoms with E-state index in [0.717, 1.165) is 16.3 Å². The van der Waals surface area contributed by atoms with Gasteiger partial charge in [-0.3, -0.25) is 0 Å². The molecule has 1 aromatic carbocycles. The van der Waals surface area contributed by atoms with Crippen molar-refractivity contribution in [3.8, 4) is 0 Å². The molecule has 94 valence electrons. The van der Waals surface area contributed by atoms with Crippen LogP contribution >= 0.6 is 15.9 Å². The fourth-order valence-corrected chi connectivity index (χ4v) is 4.52. The molecule has 0 aliphatic heterocycles. The smallest absolute Gasteiger partial charge is 0.152 e. The second-order valence-corrected chi connectivity index (χ2v) is 7.63. The number of rotatable bonds is 3. The minimum Gasteiger partial charge on any atom is -0.394 e. The van der Waals surface area contributed by atoms with E-state index in [4.69, 9.17) is 5.73 Å². The van der Waals surface area contributed by atoms with E-state index in [1.54, 1.807) is 0 Å². The van der Waals surface area contributed by atoms with E-state index in [0.29, 0.717) is 0 Å². The lowest BCUT2D eigenvalue weighted by Crippen LogP contribution is -2.34. The van der Waals surface area contributed by atoms with Crippen LogP contribution < -0.4 is 5.73 Å². The van der Waals surface area contributed by atoms with Crippen LogP contribution in [0.3, 0.4) is 0 Å². The Morgan fingerprint density at radius 3 is 2.29 bits per heavy atom. The maximum Gasteiger partial charge on any atom is 0.152 e. The minimum atomic E-state index is -3.25. The van der Waals surface area contributed by atoms with Crippen molar-refractivity contribution < 1.29 is 13.5 Å². The average Bonchev–Trinajstić information content (AvgIpc) is 2.87. The summed E-state index contributed by atoms with van der Waals surface area (Å²) in [6.07, 6.45) is 1.16. The molecule has 0 heterocycles. The number of halogens is 1. The summed E-state index contributed by atoms with van der Waals surface area (Å²) in [5, 5.41) is 8.59. The van der Waals surface area contributed by atoms with Gasteiger partial charge < -0.3 is 10.8 Å². The summed E-state index contributed by atoms with van der Waals surface area (Å²) < 4.78 is 24.2. The number of aliphatic hydroxyl groups is 1. The Bertz CT molecular complexity index is 528. The number of hydrogen-bond acceptors (Lipinski definition) is 4. The molecule has 1 saturated carbocycles. The van der Waals surface area contributed by atoms with Gasteiger partial charge in [-0.1, -0.05) is 28.1 Å². The van der Waals surface area contributed by atoms with Gasteiger partial charge in [0.15, 0.2) is 9.84 Å². The largest absolute Gasteiger partial charge is 0.394 e. The number of aliphatic hydroxyl groups excluding tert-OH is 1. The van der Waals surface area contributed by atoms with Crippen LogP contribution in [0.5, 0.6) is 0 Å². The lowest BCUT2D eigenvalue weighted by atomic mass is 10.1. The molecule has 6 heteroatoms. The molecule has 1 aliphatic rings. The summed E-state index contributed by atoms with van der Waals surface area (Å²) in [6.45, 7) is -0.328. The van der Waals surface area contributed by atoms with Gasteiger partial charge in [0, 0.05) is 16.6 Å². The van der Waals surface area contributed by atoms with E-state index < -0.39 is 20.6 Å². The van der Waals surface area contributed by atoms with Crippen LogP contribution in [0.25, 0.3) is 0 Å². The molecule has 0 saturated heterocycles. The highest BCUT2D eigenvalue weighted by molar-refractivity contribution is 9.10. The van der Waals surface area contributed by atoms with Gasteiger partial charge in [0.25, 0.3) is 0 Å². The first-order valence-corrected chi connectivity index (χ1v) is 7.89. The Kier molecular flexibility index (Phi) is 3.10. The maximum absolute atomic E-state index is 11.6. The average molecular weight is 320 g/mol. The number of benzene rings is 1. The van der Waals surface area contributed by atoms with Crippen molar-refractivity contribution in [1.82, 2.24) is 0 Å². The molecule has 1 fully saturated rings. The Labute approximate surface area is 109 Å². The SMILES string of the molecule is CS(=O)(=O)C1C(c2ccc(Br)cc2)C1(N)CO. The van der Waals surface area contributed by atoms with E-state index in [1.165, 1.54) is 0 Å². The summed E-state index contributed by atoms with van der Waals surface area (Å²) in [7, 11) is -3.25. The molecule has 0 radical (unpaired) electrons. The highest BCUT2D eigenvalue weighted by Crippen LogP contribution is 2.53. The molecule has 3 atom stereocenters. The first kappa shape index (κ1) is 13.0. The normalized spacial score (nSPS) is 32.5. The van der Waals surface area contributed by atoms with E-state index >= 15 is 0 Å². The Morgan fingerprint density at radius 1 is 1.41 bits per heavy atom. The monoisotopic (exact) mass is 319 g/mol. The van der Waals surface area contributed by atoms with Crippen molar-refractivity contribution >= 4 is 25.8 Å². The number of sulfone groups is 1. The molecular formula is C11H14BrNO3S. The first-order valence-electron chi connectivity index (χ1n) is 5.15. The molecule has 17 heavy (non-hydrogen) atoms.